The summed E-state index contributed by atoms with van der Waals surface area (Å²) in [4.78, 5) is 16.2. The number of rotatable bonds is 2. The number of hydrogen-bond acceptors (Lipinski definition) is 3. The molecule has 1 aromatic rings. The van der Waals surface area contributed by atoms with Gasteiger partial charge in [0.1, 0.15) is 0 Å². The molecule has 0 saturated heterocycles. The molecule has 1 aliphatic rings. The number of aromatic nitrogens is 1. The Balaban J connectivity index is 2.08. The average Bonchev–Trinajstić information content (AvgIpc) is 2.33. The van der Waals surface area contributed by atoms with Gasteiger partial charge in [0.25, 0.3) is 0 Å². The maximum absolute atomic E-state index is 12.2. The quantitative estimate of drug-likeness (QED) is 0.820. The molecule has 0 spiro atoms. The van der Waals surface area contributed by atoms with Gasteiger partial charge < -0.3 is 11.1 Å². The molecular weight excluding hydrogens is 214 g/mol. The van der Waals surface area contributed by atoms with E-state index in [0.717, 1.165) is 36.9 Å². The summed E-state index contributed by atoms with van der Waals surface area (Å²) in [6.45, 7) is 1.95. The number of nitrogens with one attached hydrogen (secondary N) is 1. The molecule has 1 aliphatic carbocycles. The first kappa shape index (κ1) is 12.0. The molecule has 4 heteroatoms. The molecule has 1 saturated carbocycles. The summed E-state index contributed by atoms with van der Waals surface area (Å²) in [7, 11) is 0. The van der Waals surface area contributed by atoms with Crippen LogP contribution in [0.3, 0.4) is 0 Å². The lowest BCUT2D eigenvalue weighted by Crippen LogP contribution is -2.52. The fourth-order valence-corrected chi connectivity index (χ4v) is 2.25. The molecule has 0 atom stereocenters. The Morgan fingerprint density at radius 1 is 1.41 bits per heavy atom. The van der Waals surface area contributed by atoms with E-state index >= 15 is 0 Å². The number of anilines is 1. The van der Waals surface area contributed by atoms with Crippen LogP contribution in [0.2, 0.25) is 0 Å². The van der Waals surface area contributed by atoms with Gasteiger partial charge in [-0.05, 0) is 31.4 Å². The first-order chi connectivity index (χ1) is 8.12. The fourth-order valence-electron chi connectivity index (χ4n) is 2.25. The molecular formula is C13H19N3O. The lowest BCUT2D eigenvalue weighted by Gasteiger charge is -2.31. The summed E-state index contributed by atoms with van der Waals surface area (Å²) in [6.07, 6.45) is 8.18. The van der Waals surface area contributed by atoms with Gasteiger partial charge in [0.2, 0.25) is 5.91 Å². The van der Waals surface area contributed by atoms with E-state index in [4.69, 9.17) is 5.73 Å². The van der Waals surface area contributed by atoms with Crippen LogP contribution in [0.25, 0.3) is 0 Å². The third-order valence-corrected chi connectivity index (χ3v) is 3.49. The van der Waals surface area contributed by atoms with Crippen LogP contribution >= 0.6 is 0 Å². The van der Waals surface area contributed by atoms with Crippen molar-refractivity contribution in [1.29, 1.82) is 0 Å². The number of carbonyl (C=O) groups excluding carboxylic acids is 1. The highest BCUT2D eigenvalue weighted by atomic mass is 16.2. The lowest BCUT2D eigenvalue weighted by molar-refractivity contribution is -0.122. The van der Waals surface area contributed by atoms with E-state index in [1.54, 1.807) is 12.4 Å². The predicted molar refractivity (Wildman–Crippen MR) is 67.6 cm³/mol. The number of aryl methyl sites for hydroxylation is 1. The minimum Gasteiger partial charge on any atom is -0.323 e. The Morgan fingerprint density at radius 2 is 2.12 bits per heavy atom. The molecule has 0 bridgehead atoms. The highest BCUT2D eigenvalue weighted by Crippen LogP contribution is 2.27. The summed E-state index contributed by atoms with van der Waals surface area (Å²) in [5, 5.41) is 2.89. The topological polar surface area (TPSA) is 68.0 Å². The van der Waals surface area contributed by atoms with Gasteiger partial charge in [-0.2, -0.15) is 0 Å². The molecule has 17 heavy (non-hydrogen) atoms. The van der Waals surface area contributed by atoms with E-state index in [1.807, 2.05) is 13.0 Å². The number of amides is 1. The number of pyridine rings is 1. The molecule has 2 rings (SSSR count). The van der Waals surface area contributed by atoms with Crippen molar-refractivity contribution >= 4 is 11.6 Å². The number of carbonyl (C=O) groups is 1. The Hall–Kier alpha value is -1.42. The van der Waals surface area contributed by atoms with Crippen molar-refractivity contribution in [1.82, 2.24) is 4.98 Å². The van der Waals surface area contributed by atoms with Crippen LogP contribution in [0.1, 0.15) is 37.7 Å². The van der Waals surface area contributed by atoms with Gasteiger partial charge in [0.05, 0.1) is 17.4 Å². The molecule has 0 unspecified atom stereocenters. The highest BCUT2D eigenvalue weighted by Gasteiger charge is 2.35. The number of nitrogens with two attached hydrogens (primary N) is 1. The zero-order valence-electron chi connectivity index (χ0n) is 10.2. The van der Waals surface area contributed by atoms with Crippen molar-refractivity contribution in [3.8, 4) is 0 Å². The standard InChI is InChI=1S/C13H19N3O/c1-10-5-8-15-9-11(10)16-12(17)13(14)6-3-2-4-7-13/h5,8-9H,2-4,6-7,14H2,1H3,(H,16,17). The Labute approximate surface area is 102 Å². The second-order valence-corrected chi connectivity index (χ2v) is 4.86. The zero-order chi connectivity index (χ0) is 12.3. The SMILES string of the molecule is Cc1ccncc1NC(=O)C1(N)CCCCC1. The predicted octanol–water partition coefficient (Wildman–Crippen LogP) is 1.99. The van der Waals surface area contributed by atoms with Crippen molar-refractivity contribution in [2.24, 2.45) is 5.73 Å². The normalized spacial score (nSPS) is 18.7. The molecule has 0 radical (unpaired) electrons. The zero-order valence-corrected chi connectivity index (χ0v) is 10.2. The van der Waals surface area contributed by atoms with Gasteiger partial charge in [0, 0.05) is 6.20 Å². The van der Waals surface area contributed by atoms with Crippen molar-refractivity contribution in [3.63, 3.8) is 0 Å². The van der Waals surface area contributed by atoms with Gasteiger partial charge in [-0.3, -0.25) is 9.78 Å². The minimum atomic E-state index is -0.694. The molecule has 92 valence electrons. The van der Waals surface area contributed by atoms with Crippen LogP contribution in [0.5, 0.6) is 0 Å². The molecule has 1 aromatic heterocycles. The van der Waals surface area contributed by atoms with Gasteiger partial charge in [0.15, 0.2) is 0 Å². The molecule has 1 fully saturated rings. The van der Waals surface area contributed by atoms with E-state index in [1.165, 1.54) is 6.42 Å². The van der Waals surface area contributed by atoms with Crippen LogP contribution in [0, 0.1) is 6.92 Å². The molecule has 3 N–H and O–H groups in total. The Kier molecular flexibility index (Phi) is 3.43. The molecule has 1 heterocycles. The van der Waals surface area contributed by atoms with Gasteiger partial charge in [-0.15, -0.1) is 0 Å². The monoisotopic (exact) mass is 233 g/mol. The number of nitrogens with zero attached hydrogens (tertiary/aromatic N) is 1. The Bertz CT molecular complexity index is 411. The largest absolute Gasteiger partial charge is 0.323 e. The summed E-state index contributed by atoms with van der Waals surface area (Å²) >= 11 is 0. The Morgan fingerprint density at radius 3 is 2.76 bits per heavy atom. The fraction of sp³-hybridized carbons (Fsp3) is 0.538. The molecule has 1 amide bonds. The van der Waals surface area contributed by atoms with Gasteiger partial charge in [-0.25, -0.2) is 0 Å². The van der Waals surface area contributed by atoms with Gasteiger partial charge >= 0.3 is 0 Å². The van der Waals surface area contributed by atoms with Gasteiger partial charge in [-0.1, -0.05) is 19.3 Å². The molecule has 0 aromatic carbocycles. The van der Waals surface area contributed by atoms with Crippen LogP contribution in [-0.2, 0) is 4.79 Å². The van der Waals surface area contributed by atoms with Crippen molar-refractivity contribution in [2.45, 2.75) is 44.6 Å². The number of hydrogen-bond donors (Lipinski definition) is 2. The second-order valence-electron chi connectivity index (χ2n) is 4.86. The van der Waals surface area contributed by atoms with E-state index in [9.17, 15) is 4.79 Å². The lowest BCUT2D eigenvalue weighted by atomic mass is 9.82. The van der Waals surface area contributed by atoms with Crippen LogP contribution < -0.4 is 11.1 Å². The van der Waals surface area contributed by atoms with E-state index in [-0.39, 0.29) is 5.91 Å². The van der Waals surface area contributed by atoms with Crippen molar-refractivity contribution in [2.75, 3.05) is 5.32 Å². The second kappa shape index (κ2) is 4.84. The third kappa shape index (κ3) is 2.64. The van der Waals surface area contributed by atoms with Crippen molar-refractivity contribution < 1.29 is 4.79 Å². The average molecular weight is 233 g/mol. The smallest absolute Gasteiger partial charge is 0.244 e. The van der Waals surface area contributed by atoms with Crippen LogP contribution in [0.4, 0.5) is 5.69 Å². The first-order valence-electron chi connectivity index (χ1n) is 6.13. The van der Waals surface area contributed by atoms with E-state index in [2.05, 4.69) is 10.3 Å². The summed E-state index contributed by atoms with van der Waals surface area (Å²) in [5.41, 5.74) is 7.24. The van der Waals surface area contributed by atoms with Crippen LogP contribution in [-0.4, -0.2) is 16.4 Å². The molecule has 4 nitrogen and oxygen atoms in total. The highest BCUT2D eigenvalue weighted by molar-refractivity contribution is 5.98. The summed E-state index contributed by atoms with van der Waals surface area (Å²) < 4.78 is 0. The van der Waals surface area contributed by atoms with E-state index < -0.39 is 5.54 Å². The minimum absolute atomic E-state index is 0.0756. The first-order valence-corrected chi connectivity index (χ1v) is 6.13. The van der Waals surface area contributed by atoms with E-state index in [0.29, 0.717) is 0 Å². The maximum Gasteiger partial charge on any atom is 0.244 e. The maximum atomic E-state index is 12.2. The summed E-state index contributed by atoms with van der Waals surface area (Å²) in [6, 6.07) is 1.87. The van der Waals surface area contributed by atoms with Crippen molar-refractivity contribution in [3.05, 3.63) is 24.0 Å². The van der Waals surface area contributed by atoms with Crippen LogP contribution in [0.15, 0.2) is 18.5 Å². The third-order valence-electron chi connectivity index (χ3n) is 3.49. The summed E-state index contributed by atoms with van der Waals surface area (Å²) in [5.74, 6) is -0.0756. The molecule has 0 aliphatic heterocycles.